The van der Waals surface area contributed by atoms with Crippen molar-refractivity contribution < 1.29 is 27.2 Å². The Bertz CT molecular complexity index is 727. The van der Waals surface area contributed by atoms with Crippen LogP contribution in [0.25, 0.3) is 0 Å². The topological polar surface area (TPSA) is 101 Å². The minimum absolute atomic E-state index is 0.00308. The largest absolute Gasteiger partial charge is 0.392 e. The van der Waals surface area contributed by atoms with Gasteiger partial charge in [-0.1, -0.05) is 0 Å². The first-order chi connectivity index (χ1) is 15.7. The SMILES string of the molecule is N#CC1CCC(C2CC(C(=O)NC3CNN(CC4CC(F)CCC4C(F)(F)F)C3)NO2)NC1. The van der Waals surface area contributed by atoms with Crippen LogP contribution in [0.4, 0.5) is 17.6 Å². The average molecular weight is 477 g/mol. The van der Waals surface area contributed by atoms with Gasteiger partial charge in [-0.05, 0) is 38.0 Å². The molecular weight excluding hydrogens is 444 g/mol. The van der Waals surface area contributed by atoms with Crippen LogP contribution in [0.2, 0.25) is 0 Å². The van der Waals surface area contributed by atoms with Gasteiger partial charge >= 0.3 is 6.18 Å². The molecule has 3 heterocycles. The number of hydrogen-bond donors (Lipinski definition) is 4. The predicted molar refractivity (Wildman–Crippen MR) is 110 cm³/mol. The van der Waals surface area contributed by atoms with Crippen molar-refractivity contribution in [2.75, 3.05) is 26.2 Å². The van der Waals surface area contributed by atoms with Crippen LogP contribution in [-0.4, -0.2) is 73.7 Å². The number of nitriles is 1. The molecule has 8 nitrogen and oxygen atoms in total. The molecule has 1 amide bonds. The highest BCUT2D eigenvalue weighted by Crippen LogP contribution is 2.42. The zero-order chi connectivity index (χ0) is 23.6. The van der Waals surface area contributed by atoms with Crippen LogP contribution in [0.3, 0.4) is 0 Å². The minimum Gasteiger partial charge on any atom is -0.349 e. The maximum absolute atomic E-state index is 13.8. The van der Waals surface area contributed by atoms with Crippen molar-refractivity contribution >= 4 is 5.91 Å². The smallest absolute Gasteiger partial charge is 0.349 e. The van der Waals surface area contributed by atoms with E-state index in [1.165, 1.54) is 0 Å². The molecule has 4 rings (SSSR count). The number of hydroxylamine groups is 1. The lowest BCUT2D eigenvalue weighted by molar-refractivity contribution is -0.201. The van der Waals surface area contributed by atoms with Gasteiger partial charge in [0.25, 0.3) is 0 Å². The van der Waals surface area contributed by atoms with Crippen LogP contribution >= 0.6 is 0 Å². The molecule has 0 aromatic heterocycles. The molecule has 1 saturated carbocycles. The number of rotatable bonds is 5. The maximum Gasteiger partial charge on any atom is 0.392 e. The second-order valence-electron chi connectivity index (χ2n) is 9.77. The van der Waals surface area contributed by atoms with Gasteiger partial charge in [0.15, 0.2) is 0 Å². The summed E-state index contributed by atoms with van der Waals surface area (Å²) in [6.45, 7) is 1.48. The number of nitrogens with zero attached hydrogens (tertiary/aromatic N) is 2. The molecule has 186 valence electrons. The van der Waals surface area contributed by atoms with Crippen molar-refractivity contribution in [3.63, 3.8) is 0 Å². The molecule has 0 aromatic rings. The monoisotopic (exact) mass is 476 g/mol. The molecular formula is C21H32F4N6O2. The predicted octanol–water partition coefficient (Wildman–Crippen LogP) is 1.16. The molecule has 4 aliphatic rings. The number of carbonyl (C=O) groups is 1. The molecule has 4 N–H and O–H groups in total. The molecule has 33 heavy (non-hydrogen) atoms. The molecule has 8 atom stereocenters. The number of hydrogen-bond acceptors (Lipinski definition) is 7. The van der Waals surface area contributed by atoms with E-state index in [1.807, 2.05) is 0 Å². The van der Waals surface area contributed by atoms with E-state index in [0.717, 1.165) is 12.8 Å². The van der Waals surface area contributed by atoms with Crippen LogP contribution in [0, 0.1) is 29.1 Å². The van der Waals surface area contributed by atoms with E-state index in [1.54, 1.807) is 5.01 Å². The number of nitrogens with one attached hydrogen (secondary N) is 4. The lowest BCUT2D eigenvalue weighted by Gasteiger charge is -2.36. The van der Waals surface area contributed by atoms with Crippen LogP contribution < -0.4 is 21.5 Å². The van der Waals surface area contributed by atoms with Gasteiger partial charge in [0.1, 0.15) is 12.2 Å². The third kappa shape index (κ3) is 6.14. The highest BCUT2D eigenvalue weighted by Gasteiger charge is 2.48. The Balaban J connectivity index is 1.22. The Morgan fingerprint density at radius 3 is 2.70 bits per heavy atom. The summed E-state index contributed by atoms with van der Waals surface area (Å²) in [6, 6.07) is 1.57. The van der Waals surface area contributed by atoms with Crippen LogP contribution in [0.15, 0.2) is 0 Å². The molecule has 0 aromatic carbocycles. The van der Waals surface area contributed by atoms with E-state index in [2.05, 4.69) is 27.6 Å². The third-order valence-electron chi connectivity index (χ3n) is 7.37. The van der Waals surface area contributed by atoms with Gasteiger partial charge in [-0.15, -0.1) is 0 Å². The highest BCUT2D eigenvalue weighted by molar-refractivity contribution is 5.82. The molecule has 12 heteroatoms. The number of piperidine rings is 1. The Labute approximate surface area is 190 Å². The van der Waals surface area contributed by atoms with Crippen molar-refractivity contribution in [2.45, 2.75) is 75.1 Å². The first-order valence-electron chi connectivity index (χ1n) is 11.8. The van der Waals surface area contributed by atoms with E-state index in [9.17, 15) is 22.4 Å². The molecule has 1 aliphatic carbocycles. The molecule has 0 radical (unpaired) electrons. The van der Waals surface area contributed by atoms with Crippen LogP contribution in [0.5, 0.6) is 0 Å². The Kier molecular flexibility index (Phi) is 7.75. The maximum atomic E-state index is 13.8. The van der Waals surface area contributed by atoms with Gasteiger partial charge in [-0.25, -0.2) is 9.40 Å². The van der Waals surface area contributed by atoms with Gasteiger partial charge in [-0.2, -0.15) is 23.9 Å². The standard InChI is InChI=1S/C21H32F4N6O2/c22-14-2-3-16(21(23,24)25)13(5-14)10-31-11-15(9-28-31)29-20(32)18-6-19(33-30-18)17-4-1-12(7-26)8-27-17/h12-19,27-28,30H,1-6,8-11H2,(H,29,32). The van der Waals surface area contributed by atoms with Crippen molar-refractivity contribution in [1.82, 2.24) is 26.5 Å². The average Bonchev–Trinajstić information content (AvgIpc) is 3.43. The second-order valence-corrected chi connectivity index (χ2v) is 9.77. The fraction of sp³-hybridized carbons (Fsp3) is 0.905. The van der Waals surface area contributed by atoms with E-state index >= 15 is 0 Å². The highest BCUT2D eigenvalue weighted by atomic mass is 19.4. The number of halogens is 4. The lowest BCUT2D eigenvalue weighted by atomic mass is 9.77. The first-order valence-corrected chi connectivity index (χ1v) is 11.8. The zero-order valence-electron chi connectivity index (χ0n) is 18.4. The minimum atomic E-state index is -4.33. The normalized spacial score (nSPS) is 40.5. The number of carbonyl (C=O) groups excluding carboxylic acids is 1. The van der Waals surface area contributed by atoms with Crippen LogP contribution in [-0.2, 0) is 9.63 Å². The molecule has 3 saturated heterocycles. The molecule has 8 unspecified atom stereocenters. The quantitative estimate of drug-likeness (QED) is 0.442. The Hall–Kier alpha value is -1.52. The first kappa shape index (κ1) is 24.6. The van der Waals surface area contributed by atoms with Crippen molar-refractivity contribution in [3.05, 3.63) is 0 Å². The van der Waals surface area contributed by atoms with Gasteiger partial charge in [-0.3, -0.25) is 15.1 Å². The molecule has 3 aliphatic heterocycles. The molecule has 4 fully saturated rings. The van der Waals surface area contributed by atoms with Gasteiger partial charge in [0, 0.05) is 38.6 Å². The van der Waals surface area contributed by atoms with Crippen molar-refractivity contribution in [1.29, 1.82) is 5.26 Å². The Morgan fingerprint density at radius 1 is 1.18 bits per heavy atom. The zero-order valence-corrected chi connectivity index (χ0v) is 18.4. The lowest BCUT2D eigenvalue weighted by Crippen LogP contribution is -2.48. The summed E-state index contributed by atoms with van der Waals surface area (Å²) in [7, 11) is 0. The van der Waals surface area contributed by atoms with E-state index in [0.29, 0.717) is 26.1 Å². The van der Waals surface area contributed by atoms with E-state index in [-0.39, 0.29) is 55.8 Å². The third-order valence-corrected chi connectivity index (χ3v) is 7.37. The fourth-order valence-corrected chi connectivity index (χ4v) is 5.51. The summed E-state index contributed by atoms with van der Waals surface area (Å²) >= 11 is 0. The molecule has 0 bridgehead atoms. The summed E-state index contributed by atoms with van der Waals surface area (Å²) in [5.74, 6) is -2.51. The van der Waals surface area contributed by atoms with Gasteiger partial charge < -0.3 is 10.6 Å². The summed E-state index contributed by atoms with van der Waals surface area (Å²) in [5, 5.41) is 16.9. The van der Waals surface area contributed by atoms with Gasteiger partial charge in [0.05, 0.1) is 30.1 Å². The summed E-state index contributed by atoms with van der Waals surface area (Å²) < 4.78 is 53.9. The summed E-state index contributed by atoms with van der Waals surface area (Å²) in [5.41, 5.74) is 5.84. The summed E-state index contributed by atoms with van der Waals surface area (Å²) in [6.07, 6.45) is -3.90. The van der Waals surface area contributed by atoms with E-state index in [4.69, 9.17) is 10.1 Å². The van der Waals surface area contributed by atoms with Crippen molar-refractivity contribution in [2.24, 2.45) is 17.8 Å². The molecule has 0 spiro atoms. The van der Waals surface area contributed by atoms with Crippen molar-refractivity contribution in [3.8, 4) is 6.07 Å². The number of hydrazine groups is 1. The van der Waals surface area contributed by atoms with E-state index < -0.39 is 30.2 Å². The summed E-state index contributed by atoms with van der Waals surface area (Å²) in [4.78, 5) is 18.3. The second kappa shape index (κ2) is 10.4. The van der Waals surface area contributed by atoms with Crippen LogP contribution in [0.1, 0.15) is 38.5 Å². The van der Waals surface area contributed by atoms with Gasteiger partial charge in [0.2, 0.25) is 5.91 Å². The number of amides is 1. The number of alkyl halides is 4. The fourth-order valence-electron chi connectivity index (χ4n) is 5.51. The Morgan fingerprint density at radius 2 is 2.00 bits per heavy atom.